The lowest BCUT2D eigenvalue weighted by molar-refractivity contribution is -0.127. The minimum absolute atomic E-state index is 0.304. The van der Waals surface area contributed by atoms with Crippen LogP contribution in [-0.2, 0) is 11.2 Å². The van der Waals surface area contributed by atoms with E-state index in [1.54, 1.807) is 6.26 Å². The zero-order valence-electron chi connectivity index (χ0n) is 16.4. The number of nitrogens with zero attached hydrogens (tertiary/aromatic N) is 3. The molecule has 1 fully saturated rings. The highest BCUT2D eigenvalue weighted by molar-refractivity contribution is 5.98. The summed E-state index contributed by atoms with van der Waals surface area (Å²) >= 11 is 0. The van der Waals surface area contributed by atoms with Crippen molar-refractivity contribution in [3.05, 3.63) is 54.0 Å². The third-order valence-corrected chi connectivity index (χ3v) is 5.69. The molecule has 6 heteroatoms. The summed E-state index contributed by atoms with van der Waals surface area (Å²) in [5.41, 5.74) is 2.56. The minimum Gasteiger partial charge on any atom is -0.469 e. The second kappa shape index (κ2) is 8.50. The van der Waals surface area contributed by atoms with E-state index in [0.29, 0.717) is 18.2 Å². The average Bonchev–Trinajstić information content (AvgIpc) is 3.45. The van der Waals surface area contributed by atoms with Crippen LogP contribution in [0.1, 0.15) is 36.5 Å². The Bertz CT molecular complexity index is 831. The Morgan fingerprint density at radius 2 is 2.18 bits per heavy atom. The number of fused-ring (bicyclic) bond motifs is 1. The standard InChI is InChI=1S/C22H28N4O2/c1-23-22(24-12-10-18-6-5-15-28-18)26-16-17(19-7-2-3-8-20(19)26)11-14-25-13-4-9-21(25)27/h2-3,5-8,15,17H,4,9-14,16H2,1H3,(H,23,24). The maximum atomic E-state index is 11.9. The molecule has 1 atom stereocenters. The number of para-hydroxylation sites is 1. The molecule has 0 radical (unpaired) electrons. The number of amides is 1. The molecule has 1 N–H and O–H groups in total. The van der Waals surface area contributed by atoms with Crippen molar-refractivity contribution in [1.29, 1.82) is 0 Å². The molecule has 0 saturated carbocycles. The largest absolute Gasteiger partial charge is 0.469 e. The number of likely N-dealkylation sites (tertiary alicyclic amines) is 1. The van der Waals surface area contributed by atoms with Crippen LogP contribution in [0.4, 0.5) is 5.69 Å². The zero-order valence-corrected chi connectivity index (χ0v) is 16.4. The summed E-state index contributed by atoms with van der Waals surface area (Å²) in [6, 6.07) is 12.5. The summed E-state index contributed by atoms with van der Waals surface area (Å²) in [5, 5.41) is 3.47. The van der Waals surface area contributed by atoms with Crippen LogP contribution in [0.15, 0.2) is 52.1 Å². The van der Waals surface area contributed by atoms with Crippen LogP contribution >= 0.6 is 0 Å². The first-order chi connectivity index (χ1) is 13.8. The summed E-state index contributed by atoms with van der Waals surface area (Å²) < 4.78 is 5.41. The van der Waals surface area contributed by atoms with Gasteiger partial charge in [-0.3, -0.25) is 9.79 Å². The van der Waals surface area contributed by atoms with Crippen molar-refractivity contribution in [2.45, 2.75) is 31.6 Å². The second-order valence-electron chi connectivity index (χ2n) is 7.44. The topological polar surface area (TPSA) is 61.1 Å². The summed E-state index contributed by atoms with van der Waals surface area (Å²) in [4.78, 5) is 20.7. The normalized spacial score (nSPS) is 19.4. The van der Waals surface area contributed by atoms with Gasteiger partial charge in [-0.1, -0.05) is 18.2 Å². The van der Waals surface area contributed by atoms with Crippen LogP contribution in [0, 0.1) is 0 Å². The Morgan fingerprint density at radius 3 is 2.93 bits per heavy atom. The summed E-state index contributed by atoms with van der Waals surface area (Å²) in [6.45, 7) is 3.41. The van der Waals surface area contributed by atoms with Crippen molar-refractivity contribution in [3.63, 3.8) is 0 Å². The van der Waals surface area contributed by atoms with E-state index in [1.807, 2.05) is 24.1 Å². The van der Waals surface area contributed by atoms with Gasteiger partial charge >= 0.3 is 0 Å². The van der Waals surface area contributed by atoms with Gasteiger partial charge in [-0.25, -0.2) is 0 Å². The highest BCUT2D eigenvalue weighted by Crippen LogP contribution is 2.38. The van der Waals surface area contributed by atoms with E-state index >= 15 is 0 Å². The molecule has 1 amide bonds. The molecule has 2 aliphatic rings. The molecule has 0 bridgehead atoms. The summed E-state index contributed by atoms with van der Waals surface area (Å²) in [6.07, 6.45) is 5.22. The molecule has 3 heterocycles. The van der Waals surface area contributed by atoms with E-state index < -0.39 is 0 Å². The van der Waals surface area contributed by atoms with Crippen molar-refractivity contribution < 1.29 is 9.21 Å². The maximum Gasteiger partial charge on any atom is 0.222 e. The van der Waals surface area contributed by atoms with Crippen LogP contribution in [0.3, 0.4) is 0 Å². The van der Waals surface area contributed by atoms with Crippen molar-refractivity contribution in [1.82, 2.24) is 10.2 Å². The van der Waals surface area contributed by atoms with E-state index in [2.05, 4.69) is 39.5 Å². The van der Waals surface area contributed by atoms with Crippen LogP contribution in [0.5, 0.6) is 0 Å². The van der Waals surface area contributed by atoms with Gasteiger partial charge in [-0.15, -0.1) is 0 Å². The quantitative estimate of drug-likeness (QED) is 0.618. The smallest absolute Gasteiger partial charge is 0.222 e. The number of guanidine groups is 1. The fourth-order valence-electron chi connectivity index (χ4n) is 4.24. The number of rotatable bonds is 6. The second-order valence-corrected chi connectivity index (χ2v) is 7.44. The number of hydrogen-bond acceptors (Lipinski definition) is 3. The van der Waals surface area contributed by atoms with Crippen molar-refractivity contribution in [2.24, 2.45) is 4.99 Å². The molecular weight excluding hydrogens is 352 g/mol. The highest BCUT2D eigenvalue weighted by atomic mass is 16.3. The van der Waals surface area contributed by atoms with Crippen LogP contribution in [0.25, 0.3) is 0 Å². The molecule has 6 nitrogen and oxygen atoms in total. The lowest BCUT2D eigenvalue weighted by atomic mass is 9.98. The Hall–Kier alpha value is -2.76. The van der Waals surface area contributed by atoms with E-state index in [0.717, 1.165) is 57.2 Å². The van der Waals surface area contributed by atoms with E-state index in [4.69, 9.17) is 4.42 Å². The van der Waals surface area contributed by atoms with Gasteiger partial charge in [0.15, 0.2) is 5.96 Å². The van der Waals surface area contributed by atoms with Crippen LogP contribution in [0.2, 0.25) is 0 Å². The number of nitrogens with one attached hydrogen (secondary N) is 1. The van der Waals surface area contributed by atoms with Crippen molar-refractivity contribution in [2.75, 3.05) is 38.1 Å². The molecule has 1 aromatic carbocycles. The molecule has 0 aliphatic carbocycles. The third kappa shape index (κ3) is 3.91. The van der Waals surface area contributed by atoms with Crippen LogP contribution < -0.4 is 10.2 Å². The fraction of sp³-hybridized carbons (Fsp3) is 0.455. The van der Waals surface area contributed by atoms with Gasteiger partial charge in [0, 0.05) is 57.7 Å². The van der Waals surface area contributed by atoms with Crippen LogP contribution in [-0.4, -0.2) is 50.0 Å². The summed E-state index contributed by atoms with van der Waals surface area (Å²) in [5.74, 6) is 2.57. The van der Waals surface area contributed by atoms with E-state index in [1.165, 1.54) is 11.3 Å². The first-order valence-electron chi connectivity index (χ1n) is 10.1. The Balaban J connectivity index is 1.41. The predicted molar refractivity (Wildman–Crippen MR) is 111 cm³/mol. The van der Waals surface area contributed by atoms with E-state index in [9.17, 15) is 4.79 Å². The monoisotopic (exact) mass is 380 g/mol. The third-order valence-electron chi connectivity index (χ3n) is 5.69. The molecule has 4 rings (SSSR count). The van der Waals surface area contributed by atoms with Gasteiger partial charge in [-0.2, -0.15) is 0 Å². The molecular formula is C22H28N4O2. The SMILES string of the molecule is CN=C(NCCc1ccco1)N1CC(CCN2CCCC2=O)c2ccccc21. The van der Waals surface area contributed by atoms with Gasteiger partial charge < -0.3 is 19.5 Å². The first kappa shape index (κ1) is 18.6. The number of anilines is 1. The molecule has 1 aromatic heterocycles. The molecule has 148 valence electrons. The first-order valence-corrected chi connectivity index (χ1v) is 10.1. The van der Waals surface area contributed by atoms with E-state index in [-0.39, 0.29) is 0 Å². The minimum atomic E-state index is 0.304. The Labute approximate surface area is 166 Å². The summed E-state index contributed by atoms with van der Waals surface area (Å²) in [7, 11) is 1.83. The molecule has 1 unspecified atom stereocenters. The molecule has 0 spiro atoms. The van der Waals surface area contributed by atoms with Gasteiger partial charge in [-0.05, 0) is 36.6 Å². The molecule has 1 saturated heterocycles. The zero-order chi connectivity index (χ0) is 19.3. The predicted octanol–water partition coefficient (Wildman–Crippen LogP) is 3.01. The number of benzene rings is 1. The lowest BCUT2D eigenvalue weighted by Gasteiger charge is -2.23. The molecule has 28 heavy (non-hydrogen) atoms. The van der Waals surface area contributed by atoms with Crippen molar-refractivity contribution in [3.8, 4) is 0 Å². The van der Waals surface area contributed by atoms with Gasteiger partial charge in [0.05, 0.1) is 6.26 Å². The van der Waals surface area contributed by atoms with Gasteiger partial charge in [0.25, 0.3) is 0 Å². The van der Waals surface area contributed by atoms with Crippen molar-refractivity contribution >= 4 is 17.6 Å². The number of furan rings is 1. The number of hydrogen-bond donors (Lipinski definition) is 1. The maximum absolute atomic E-state index is 11.9. The van der Waals surface area contributed by atoms with Gasteiger partial charge in [0.1, 0.15) is 5.76 Å². The Morgan fingerprint density at radius 1 is 1.29 bits per heavy atom. The molecule has 2 aromatic rings. The Kier molecular flexibility index (Phi) is 5.65. The average molecular weight is 380 g/mol. The van der Waals surface area contributed by atoms with Gasteiger partial charge in [0.2, 0.25) is 5.91 Å². The lowest BCUT2D eigenvalue weighted by Crippen LogP contribution is -2.42. The number of carbonyl (C=O) groups excluding carboxylic acids is 1. The number of aliphatic imine (C=N–C) groups is 1. The molecule has 2 aliphatic heterocycles. The highest BCUT2D eigenvalue weighted by Gasteiger charge is 2.32. The fourth-order valence-corrected chi connectivity index (χ4v) is 4.24. The number of carbonyl (C=O) groups is 1.